The molecule has 0 aromatic carbocycles. The molecule has 0 aliphatic heterocycles. The van der Waals surface area contributed by atoms with Crippen LogP contribution < -0.4 is 11.1 Å². The zero-order chi connectivity index (χ0) is 15.7. The van der Waals surface area contributed by atoms with E-state index >= 15 is 0 Å². The Hall–Kier alpha value is -2.16. The number of carbonyl (C=O) groups is 4. The van der Waals surface area contributed by atoms with Crippen molar-refractivity contribution >= 4 is 23.8 Å². The first-order chi connectivity index (χ1) is 9.31. The Morgan fingerprint density at radius 3 is 2.25 bits per heavy atom. The van der Waals surface area contributed by atoms with Crippen LogP contribution in [0.15, 0.2) is 0 Å². The smallest absolute Gasteiger partial charge is 0.328 e. The fourth-order valence-electron chi connectivity index (χ4n) is 1.32. The number of aliphatic carboxylic acids is 1. The van der Waals surface area contributed by atoms with Gasteiger partial charge in [-0.1, -0.05) is 0 Å². The second-order valence-electron chi connectivity index (χ2n) is 3.90. The minimum absolute atomic E-state index is 0.0368. The molecule has 0 rings (SSSR count). The number of ether oxygens (including phenoxy) is 2. The largest absolute Gasteiger partial charge is 0.481 e. The summed E-state index contributed by atoms with van der Waals surface area (Å²) in [5.74, 6) is -3.36. The summed E-state index contributed by atoms with van der Waals surface area (Å²) in [6.45, 7) is 0. The second kappa shape index (κ2) is 8.86. The van der Waals surface area contributed by atoms with Gasteiger partial charge in [0, 0.05) is 6.42 Å². The number of nitrogens with two attached hydrogens (primary N) is 1. The van der Waals surface area contributed by atoms with Crippen molar-refractivity contribution in [2.75, 3.05) is 14.2 Å². The SMILES string of the molecule is COC(=O)CC[C@@H](NC(=O)[C@H](N)CC(=O)O)C(=O)OC. The zero-order valence-corrected chi connectivity index (χ0v) is 11.3. The molecule has 4 N–H and O–H groups in total. The van der Waals surface area contributed by atoms with E-state index in [0.717, 1.165) is 7.11 Å². The molecule has 0 bridgehead atoms. The summed E-state index contributed by atoms with van der Waals surface area (Å²) in [7, 11) is 2.31. The molecule has 0 saturated heterocycles. The van der Waals surface area contributed by atoms with Crippen LogP contribution in [-0.4, -0.2) is 55.2 Å². The van der Waals surface area contributed by atoms with Gasteiger partial charge >= 0.3 is 17.9 Å². The van der Waals surface area contributed by atoms with Gasteiger partial charge in [0.15, 0.2) is 0 Å². The summed E-state index contributed by atoms with van der Waals surface area (Å²) < 4.78 is 8.89. The fourth-order valence-corrected chi connectivity index (χ4v) is 1.32. The van der Waals surface area contributed by atoms with Gasteiger partial charge in [-0.3, -0.25) is 14.4 Å². The van der Waals surface area contributed by atoms with E-state index in [1.165, 1.54) is 7.11 Å². The summed E-state index contributed by atoms with van der Waals surface area (Å²) >= 11 is 0. The molecule has 2 atom stereocenters. The Balaban J connectivity index is 4.56. The molecule has 9 nitrogen and oxygen atoms in total. The van der Waals surface area contributed by atoms with E-state index < -0.39 is 42.3 Å². The molecule has 0 saturated carbocycles. The molecular weight excluding hydrogens is 272 g/mol. The van der Waals surface area contributed by atoms with Gasteiger partial charge in [0.1, 0.15) is 6.04 Å². The van der Waals surface area contributed by atoms with Gasteiger partial charge < -0.3 is 25.6 Å². The van der Waals surface area contributed by atoms with E-state index in [1.807, 2.05) is 0 Å². The van der Waals surface area contributed by atoms with Crippen LogP contribution in [0.3, 0.4) is 0 Å². The Bertz CT molecular complexity index is 383. The quantitative estimate of drug-likeness (QED) is 0.453. The Morgan fingerprint density at radius 2 is 1.80 bits per heavy atom. The molecule has 0 aliphatic rings. The first-order valence-electron chi connectivity index (χ1n) is 5.74. The van der Waals surface area contributed by atoms with Crippen molar-refractivity contribution in [3.05, 3.63) is 0 Å². The number of rotatable bonds is 8. The number of carbonyl (C=O) groups excluding carboxylic acids is 3. The summed E-state index contributed by atoms with van der Waals surface area (Å²) in [4.78, 5) is 44.5. The van der Waals surface area contributed by atoms with Gasteiger partial charge in [-0.25, -0.2) is 4.79 Å². The molecular formula is C11H18N2O7. The third kappa shape index (κ3) is 6.69. The molecule has 1 amide bonds. The summed E-state index contributed by atoms with van der Waals surface area (Å²) in [6, 6.07) is -2.38. The highest BCUT2D eigenvalue weighted by Gasteiger charge is 2.26. The minimum atomic E-state index is -1.29. The molecule has 9 heteroatoms. The van der Waals surface area contributed by atoms with Crippen LogP contribution in [0.4, 0.5) is 0 Å². The maximum absolute atomic E-state index is 11.6. The van der Waals surface area contributed by atoms with Gasteiger partial charge in [-0.05, 0) is 6.42 Å². The zero-order valence-electron chi connectivity index (χ0n) is 11.3. The lowest BCUT2D eigenvalue weighted by Gasteiger charge is -2.18. The molecule has 0 radical (unpaired) electrons. The van der Waals surface area contributed by atoms with Gasteiger partial charge in [0.05, 0.1) is 26.7 Å². The Kier molecular flexibility index (Phi) is 7.90. The number of hydrogen-bond donors (Lipinski definition) is 3. The van der Waals surface area contributed by atoms with Crippen LogP contribution in [0, 0.1) is 0 Å². The van der Waals surface area contributed by atoms with Crippen LogP contribution >= 0.6 is 0 Å². The molecule has 0 fully saturated rings. The van der Waals surface area contributed by atoms with E-state index in [0.29, 0.717) is 0 Å². The summed E-state index contributed by atoms with van der Waals surface area (Å²) in [5, 5.41) is 10.8. The first-order valence-corrected chi connectivity index (χ1v) is 5.74. The van der Waals surface area contributed by atoms with E-state index in [1.54, 1.807) is 0 Å². The standard InChI is InChI=1S/C11H18N2O7/c1-19-9(16)4-3-7(11(18)20-2)13-10(17)6(12)5-8(14)15/h6-7H,3-5,12H2,1-2H3,(H,13,17)(H,14,15)/t6-,7-/m1/s1. The van der Waals surface area contributed by atoms with E-state index in [4.69, 9.17) is 10.8 Å². The van der Waals surface area contributed by atoms with Crippen LogP contribution in [0.2, 0.25) is 0 Å². The van der Waals surface area contributed by atoms with Crippen molar-refractivity contribution in [2.24, 2.45) is 5.73 Å². The fraction of sp³-hybridized carbons (Fsp3) is 0.636. The maximum Gasteiger partial charge on any atom is 0.328 e. The van der Waals surface area contributed by atoms with Crippen LogP contribution in [0.25, 0.3) is 0 Å². The molecule has 20 heavy (non-hydrogen) atoms. The molecule has 0 heterocycles. The van der Waals surface area contributed by atoms with Gasteiger partial charge in [-0.2, -0.15) is 0 Å². The number of carboxylic acids is 1. The number of esters is 2. The Labute approximate surface area is 115 Å². The number of hydrogen-bond acceptors (Lipinski definition) is 7. The van der Waals surface area contributed by atoms with Crippen molar-refractivity contribution in [1.82, 2.24) is 5.32 Å². The lowest BCUT2D eigenvalue weighted by atomic mass is 10.1. The summed E-state index contributed by atoms with van der Waals surface area (Å²) in [6.07, 6.45) is -0.716. The number of methoxy groups -OCH3 is 2. The average molecular weight is 290 g/mol. The molecule has 0 aromatic heterocycles. The van der Waals surface area contributed by atoms with Crippen molar-refractivity contribution in [3.63, 3.8) is 0 Å². The van der Waals surface area contributed by atoms with E-state index in [-0.39, 0.29) is 12.8 Å². The highest BCUT2D eigenvalue weighted by Crippen LogP contribution is 2.02. The Morgan fingerprint density at radius 1 is 1.20 bits per heavy atom. The average Bonchev–Trinajstić information content (AvgIpc) is 2.40. The van der Waals surface area contributed by atoms with E-state index in [9.17, 15) is 19.2 Å². The molecule has 0 spiro atoms. The van der Waals surface area contributed by atoms with Crippen molar-refractivity contribution in [2.45, 2.75) is 31.3 Å². The highest BCUT2D eigenvalue weighted by molar-refractivity contribution is 5.90. The molecule has 0 aliphatic carbocycles. The van der Waals surface area contributed by atoms with Gasteiger partial charge in [0.2, 0.25) is 5.91 Å². The first kappa shape index (κ1) is 17.8. The molecule has 114 valence electrons. The monoisotopic (exact) mass is 290 g/mol. The van der Waals surface area contributed by atoms with Crippen LogP contribution in [-0.2, 0) is 28.7 Å². The maximum atomic E-state index is 11.6. The lowest BCUT2D eigenvalue weighted by molar-refractivity contribution is -0.146. The van der Waals surface area contributed by atoms with Crippen molar-refractivity contribution in [1.29, 1.82) is 0 Å². The second-order valence-corrected chi connectivity index (χ2v) is 3.90. The number of carboxylic acid groups (broad SMARTS) is 1. The van der Waals surface area contributed by atoms with Gasteiger partial charge in [-0.15, -0.1) is 0 Å². The van der Waals surface area contributed by atoms with Crippen molar-refractivity contribution < 1.29 is 33.8 Å². The lowest BCUT2D eigenvalue weighted by Crippen LogP contribution is -2.49. The number of amides is 1. The normalized spacial score (nSPS) is 12.9. The number of nitrogens with one attached hydrogen (secondary N) is 1. The topological polar surface area (TPSA) is 145 Å². The third-order valence-corrected chi connectivity index (χ3v) is 2.40. The van der Waals surface area contributed by atoms with E-state index in [2.05, 4.69) is 14.8 Å². The highest BCUT2D eigenvalue weighted by atomic mass is 16.5. The third-order valence-electron chi connectivity index (χ3n) is 2.40. The van der Waals surface area contributed by atoms with Crippen LogP contribution in [0.1, 0.15) is 19.3 Å². The molecule has 0 aromatic rings. The predicted octanol–water partition coefficient (Wildman–Crippen LogP) is -1.60. The summed E-state index contributed by atoms with van der Waals surface area (Å²) in [5.41, 5.74) is 5.35. The predicted molar refractivity (Wildman–Crippen MR) is 65.4 cm³/mol. The molecule has 0 unspecified atom stereocenters. The minimum Gasteiger partial charge on any atom is -0.481 e. The van der Waals surface area contributed by atoms with Crippen LogP contribution in [0.5, 0.6) is 0 Å². The van der Waals surface area contributed by atoms with Gasteiger partial charge in [0.25, 0.3) is 0 Å². The van der Waals surface area contributed by atoms with Crippen molar-refractivity contribution in [3.8, 4) is 0 Å².